The fraction of sp³-hybridized carbons (Fsp3) is 0.500. The molecular weight excluding hydrogens is 212 g/mol. The largest absolute Gasteiger partial charge is 0.307 e. The fourth-order valence-electron chi connectivity index (χ4n) is 3.32. The number of likely N-dealkylation sites (tertiary alicyclic amines) is 1. The zero-order valence-electron chi connectivity index (χ0n) is 10.6. The van der Waals surface area contributed by atoms with Crippen molar-refractivity contribution < 1.29 is 4.79 Å². The number of carbonyl (C=O) groups excluding carboxylic acids is 1. The lowest BCUT2D eigenvalue weighted by Crippen LogP contribution is -2.38. The van der Waals surface area contributed by atoms with Crippen molar-refractivity contribution >= 4 is 11.6 Å². The molecule has 0 saturated carbocycles. The summed E-state index contributed by atoms with van der Waals surface area (Å²) in [6, 6.07) is 6.79. The number of benzene rings is 1. The van der Waals surface area contributed by atoms with E-state index in [2.05, 4.69) is 37.1 Å². The van der Waals surface area contributed by atoms with Crippen LogP contribution < -0.4 is 4.90 Å². The molecule has 2 heterocycles. The molecule has 0 aromatic heterocycles. The van der Waals surface area contributed by atoms with Crippen LogP contribution >= 0.6 is 0 Å². The number of amides is 1. The number of fused-ring (bicyclic) bond motifs is 3. The Hall–Kier alpha value is -1.35. The molecule has 2 aliphatic rings. The van der Waals surface area contributed by atoms with Gasteiger partial charge in [-0.15, -0.1) is 0 Å². The van der Waals surface area contributed by atoms with E-state index in [4.69, 9.17) is 0 Å². The van der Waals surface area contributed by atoms with E-state index in [0.717, 1.165) is 18.8 Å². The summed E-state index contributed by atoms with van der Waals surface area (Å²) in [7, 11) is 2.13. The Morgan fingerprint density at radius 1 is 1.35 bits per heavy atom. The van der Waals surface area contributed by atoms with E-state index in [0.29, 0.717) is 12.0 Å². The van der Waals surface area contributed by atoms with Crippen LogP contribution in [0.15, 0.2) is 18.2 Å². The van der Waals surface area contributed by atoms with Crippen molar-refractivity contribution in [3.05, 3.63) is 29.3 Å². The number of carbonyl (C=O) groups is 1. The lowest BCUT2D eigenvalue weighted by molar-refractivity contribution is -0.116. The van der Waals surface area contributed by atoms with Gasteiger partial charge in [0.1, 0.15) is 0 Å². The molecule has 0 spiro atoms. The zero-order valence-corrected chi connectivity index (χ0v) is 10.6. The maximum absolute atomic E-state index is 11.9. The van der Waals surface area contributed by atoms with Gasteiger partial charge in [-0.05, 0) is 25.6 Å². The molecule has 1 amide bonds. The van der Waals surface area contributed by atoms with Gasteiger partial charge in [0.05, 0.1) is 6.04 Å². The predicted molar refractivity (Wildman–Crippen MR) is 68.4 cm³/mol. The smallest absolute Gasteiger partial charge is 0.224 e. The topological polar surface area (TPSA) is 23.6 Å². The lowest BCUT2D eigenvalue weighted by Gasteiger charge is -2.23. The monoisotopic (exact) mass is 230 g/mol. The van der Waals surface area contributed by atoms with Crippen LogP contribution in [0.4, 0.5) is 5.69 Å². The third-order valence-electron chi connectivity index (χ3n) is 3.98. The SMILES string of the molecule is CC(=O)N1c2ccc(C)cc2[C@@H]2CN(C)C[C@@H]21. The molecular formula is C14H18N2O. The average molecular weight is 230 g/mol. The first kappa shape index (κ1) is 10.8. The number of likely N-dealkylation sites (N-methyl/N-ethyl adjacent to an activating group) is 1. The second-order valence-corrected chi connectivity index (χ2v) is 5.35. The number of nitrogens with zero attached hydrogens (tertiary/aromatic N) is 2. The predicted octanol–water partition coefficient (Wildman–Crippen LogP) is 1.76. The van der Waals surface area contributed by atoms with Gasteiger partial charge < -0.3 is 9.80 Å². The minimum absolute atomic E-state index is 0.165. The Labute approximate surface area is 102 Å². The lowest BCUT2D eigenvalue weighted by atomic mass is 9.97. The van der Waals surface area contributed by atoms with Crippen molar-refractivity contribution in [1.29, 1.82) is 0 Å². The first-order valence-electron chi connectivity index (χ1n) is 6.17. The fourth-order valence-corrected chi connectivity index (χ4v) is 3.32. The zero-order chi connectivity index (χ0) is 12.2. The molecule has 0 radical (unpaired) electrons. The maximum Gasteiger partial charge on any atom is 0.224 e. The second kappa shape index (κ2) is 3.57. The van der Waals surface area contributed by atoms with Crippen LogP contribution in [0.5, 0.6) is 0 Å². The molecule has 3 rings (SSSR count). The average Bonchev–Trinajstić information content (AvgIpc) is 2.73. The summed E-state index contributed by atoms with van der Waals surface area (Å²) in [6.45, 7) is 5.83. The molecule has 2 atom stereocenters. The van der Waals surface area contributed by atoms with Crippen LogP contribution in [0.3, 0.4) is 0 Å². The van der Waals surface area contributed by atoms with Gasteiger partial charge in [0.25, 0.3) is 0 Å². The highest BCUT2D eigenvalue weighted by Gasteiger charge is 2.45. The summed E-state index contributed by atoms with van der Waals surface area (Å²) in [5.41, 5.74) is 3.77. The van der Waals surface area contributed by atoms with Crippen LogP contribution in [-0.4, -0.2) is 37.0 Å². The third kappa shape index (κ3) is 1.49. The van der Waals surface area contributed by atoms with Crippen molar-refractivity contribution in [1.82, 2.24) is 4.90 Å². The van der Waals surface area contributed by atoms with Gasteiger partial charge in [-0.1, -0.05) is 17.7 Å². The standard InChI is InChI=1S/C14H18N2O/c1-9-4-5-13-11(6-9)12-7-15(3)8-14(12)16(13)10(2)17/h4-6,12,14H,7-8H2,1-3H3/t12-,14-/m0/s1. The van der Waals surface area contributed by atoms with Crippen LogP contribution in [-0.2, 0) is 4.79 Å². The van der Waals surface area contributed by atoms with Gasteiger partial charge >= 0.3 is 0 Å². The Balaban J connectivity index is 2.12. The van der Waals surface area contributed by atoms with Crippen molar-refractivity contribution in [2.45, 2.75) is 25.8 Å². The van der Waals surface area contributed by atoms with Gasteiger partial charge in [-0.2, -0.15) is 0 Å². The minimum atomic E-state index is 0.165. The highest BCUT2D eigenvalue weighted by molar-refractivity contribution is 5.95. The summed E-state index contributed by atoms with van der Waals surface area (Å²) in [5, 5.41) is 0. The van der Waals surface area contributed by atoms with E-state index in [-0.39, 0.29) is 5.91 Å². The summed E-state index contributed by atoms with van der Waals surface area (Å²) in [4.78, 5) is 16.2. The maximum atomic E-state index is 11.9. The van der Waals surface area contributed by atoms with Crippen molar-refractivity contribution in [2.75, 3.05) is 25.0 Å². The Bertz CT molecular complexity index is 483. The number of anilines is 1. The summed E-state index contributed by atoms with van der Waals surface area (Å²) in [5.74, 6) is 0.664. The van der Waals surface area contributed by atoms with E-state index < -0.39 is 0 Å². The Morgan fingerprint density at radius 3 is 2.82 bits per heavy atom. The Kier molecular flexibility index (Phi) is 2.26. The number of hydrogen-bond acceptors (Lipinski definition) is 2. The Morgan fingerprint density at radius 2 is 2.12 bits per heavy atom. The molecule has 0 N–H and O–H groups in total. The summed E-state index contributed by atoms with van der Waals surface area (Å²) < 4.78 is 0. The van der Waals surface area contributed by atoms with Crippen LogP contribution in [0, 0.1) is 6.92 Å². The minimum Gasteiger partial charge on any atom is -0.307 e. The van der Waals surface area contributed by atoms with Crippen molar-refractivity contribution in [2.24, 2.45) is 0 Å². The van der Waals surface area contributed by atoms with E-state index in [1.165, 1.54) is 11.1 Å². The number of aryl methyl sites for hydroxylation is 1. The first-order valence-corrected chi connectivity index (χ1v) is 6.17. The van der Waals surface area contributed by atoms with E-state index in [1.807, 2.05) is 4.90 Å². The molecule has 0 unspecified atom stereocenters. The summed E-state index contributed by atoms with van der Waals surface area (Å²) in [6.07, 6.45) is 0. The highest BCUT2D eigenvalue weighted by Crippen LogP contribution is 2.44. The van der Waals surface area contributed by atoms with E-state index in [9.17, 15) is 4.79 Å². The number of hydrogen-bond donors (Lipinski definition) is 0. The second-order valence-electron chi connectivity index (χ2n) is 5.35. The normalized spacial score (nSPS) is 27.1. The van der Waals surface area contributed by atoms with Crippen LogP contribution in [0.1, 0.15) is 24.0 Å². The van der Waals surface area contributed by atoms with Gasteiger partial charge in [-0.3, -0.25) is 4.79 Å². The molecule has 1 saturated heterocycles. The van der Waals surface area contributed by atoms with Gasteiger partial charge in [0.15, 0.2) is 0 Å². The quantitative estimate of drug-likeness (QED) is 0.678. The molecule has 1 fully saturated rings. The highest BCUT2D eigenvalue weighted by atomic mass is 16.2. The van der Waals surface area contributed by atoms with Crippen molar-refractivity contribution in [3.8, 4) is 0 Å². The van der Waals surface area contributed by atoms with Crippen LogP contribution in [0.2, 0.25) is 0 Å². The molecule has 1 aromatic carbocycles. The number of rotatable bonds is 0. The summed E-state index contributed by atoms with van der Waals surface area (Å²) >= 11 is 0. The molecule has 3 heteroatoms. The molecule has 3 nitrogen and oxygen atoms in total. The molecule has 17 heavy (non-hydrogen) atoms. The molecule has 2 aliphatic heterocycles. The molecule has 0 bridgehead atoms. The first-order chi connectivity index (χ1) is 8.08. The third-order valence-corrected chi connectivity index (χ3v) is 3.98. The molecule has 1 aromatic rings. The van der Waals surface area contributed by atoms with Gasteiger partial charge in [0, 0.05) is 31.6 Å². The molecule has 90 valence electrons. The van der Waals surface area contributed by atoms with Gasteiger partial charge in [0.2, 0.25) is 5.91 Å². The molecule has 0 aliphatic carbocycles. The van der Waals surface area contributed by atoms with Crippen LogP contribution in [0.25, 0.3) is 0 Å². The van der Waals surface area contributed by atoms with Crippen molar-refractivity contribution in [3.63, 3.8) is 0 Å². The van der Waals surface area contributed by atoms with Gasteiger partial charge in [-0.25, -0.2) is 0 Å². The van der Waals surface area contributed by atoms with E-state index in [1.54, 1.807) is 6.92 Å². The van der Waals surface area contributed by atoms with E-state index >= 15 is 0 Å².